The lowest BCUT2D eigenvalue weighted by atomic mass is 9.98. The van der Waals surface area contributed by atoms with Gasteiger partial charge in [-0.15, -0.1) is 11.6 Å². The first-order valence-electron chi connectivity index (χ1n) is 7.52. The average Bonchev–Trinajstić information content (AvgIpc) is 2.89. The van der Waals surface area contributed by atoms with Gasteiger partial charge in [0.1, 0.15) is 5.75 Å². The monoisotopic (exact) mass is 357 g/mol. The first-order chi connectivity index (χ1) is 9.78. The average molecular weight is 359 g/mol. The third-order valence-electron chi connectivity index (χ3n) is 4.39. The standard InChI is InChI=1S/C16H21BrClNO/c17-14-9-12-5-8-20-16(12)13(10-14)11-19-7-2-1-3-15(19)4-6-18/h9-10,15H,1-8,11H2. The summed E-state index contributed by atoms with van der Waals surface area (Å²) in [5, 5.41) is 0. The second kappa shape index (κ2) is 6.67. The van der Waals surface area contributed by atoms with Crippen molar-refractivity contribution in [1.82, 2.24) is 4.90 Å². The normalized spacial score (nSPS) is 22.6. The summed E-state index contributed by atoms with van der Waals surface area (Å²) < 4.78 is 7.02. The van der Waals surface area contributed by atoms with Crippen LogP contribution < -0.4 is 4.74 Å². The summed E-state index contributed by atoms with van der Waals surface area (Å²) >= 11 is 9.59. The highest BCUT2D eigenvalue weighted by Crippen LogP contribution is 2.35. The van der Waals surface area contributed by atoms with E-state index < -0.39 is 0 Å². The van der Waals surface area contributed by atoms with Crippen LogP contribution in [0.3, 0.4) is 0 Å². The molecule has 1 aromatic rings. The zero-order chi connectivity index (χ0) is 13.9. The zero-order valence-electron chi connectivity index (χ0n) is 11.7. The van der Waals surface area contributed by atoms with Crippen molar-refractivity contribution in [2.24, 2.45) is 0 Å². The summed E-state index contributed by atoms with van der Waals surface area (Å²) in [6, 6.07) is 5.05. The number of halogens is 2. The summed E-state index contributed by atoms with van der Waals surface area (Å²) in [6.45, 7) is 3.00. The molecule has 1 fully saturated rings. The van der Waals surface area contributed by atoms with Crippen molar-refractivity contribution in [1.29, 1.82) is 0 Å². The Hall–Kier alpha value is -0.250. The van der Waals surface area contributed by atoms with Crippen LogP contribution in [0.25, 0.3) is 0 Å². The van der Waals surface area contributed by atoms with Crippen LogP contribution in [0, 0.1) is 0 Å². The van der Waals surface area contributed by atoms with Crippen molar-refractivity contribution >= 4 is 27.5 Å². The Labute approximate surface area is 134 Å². The summed E-state index contributed by atoms with van der Waals surface area (Å²) in [5.74, 6) is 1.89. The zero-order valence-corrected chi connectivity index (χ0v) is 14.0. The first kappa shape index (κ1) is 14.7. The van der Waals surface area contributed by atoms with Gasteiger partial charge in [0.25, 0.3) is 0 Å². The molecule has 20 heavy (non-hydrogen) atoms. The van der Waals surface area contributed by atoms with Crippen molar-refractivity contribution in [3.8, 4) is 5.75 Å². The molecule has 0 bridgehead atoms. The number of fused-ring (bicyclic) bond motifs is 1. The van der Waals surface area contributed by atoms with E-state index >= 15 is 0 Å². The molecule has 0 saturated carbocycles. The number of rotatable bonds is 4. The van der Waals surface area contributed by atoms with Gasteiger partial charge in [-0.3, -0.25) is 4.90 Å². The minimum absolute atomic E-state index is 0.636. The Morgan fingerprint density at radius 1 is 1.35 bits per heavy atom. The number of piperidine rings is 1. The van der Waals surface area contributed by atoms with Crippen molar-refractivity contribution in [3.63, 3.8) is 0 Å². The van der Waals surface area contributed by atoms with Crippen LogP contribution >= 0.6 is 27.5 Å². The Morgan fingerprint density at radius 3 is 3.10 bits per heavy atom. The minimum Gasteiger partial charge on any atom is -0.493 e. The number of hydrogen-bond acceptors (Lipinski definition) is 2. The van der Waals surface area contributed by atoms with Crippen molar-refractivity contribution < 1.29 is 4.74 Å². The molecule has 0 aromatic heterocycles. The molecule has 2 aliphatic heterocycles. The van der Waals surface area contributed by atoms with E-state index in [1.54, 1.807) is 0 Å². The number of hydrogen-bond donors (Lipinski definition) is 0. The van der Waals surface area contributed by atoms with Gasteiger partial charge in [-0.05, 0) is 43.5 Å². The van der Waals surface area contributed by atoms with E-state index in [-0.39, 0.29) is 0 Å². The summed E-state index contributed by atoms with van der Waals surface area (Å²) in [4.78, 5) is 2.59. The highest BCUT2D eigenvalue weighted by atomic mass is 79.9. The SMILES string of the molecule is ClCCC1CCCCN1Cc1cc(Br)cc2c1OCC2. The molecule has 2 aliphatic rings. The van der Waals surface area contributed by atoms with Crippen LogP contribution in [0.4, 0.5) is 0 Å². The molecule has 2 heterocycles. The number of ether oxygens (including phenoxy) is 1. The lowest BCUT2D eigenvalue weighted by Gasteiger charge is -2.35. The molecule has 1 unspecified atom stereocenters. The summed E-state index contributed by atoms with van der Waals surface area (Å²) in [5.41, 5.74) is 2.67. The highest BCUT2D eigenvalue weighted by molar-refractivity contribution is 9.10. The quantitative estimate of drug-likeness (QED) is 0.741. The van der Waals surface area contributed by atoms with Crippen LogP contribution in [0.15, 0.2) is 16.6 Å². The molecule has 0 N–H and O–H groups in total. The van der Waals surface area contributed by atoms with Gasteiger partial charge in [0, 0.05) is 34.9 Å². The van der Waals surface area contributed by atoms with E-state index in [1.165, 1.54) is 41.4 Å². The first-order valence-corrected chi connectivity index (χ1v) is 8.85. The van der Waals surface area contributed by atoms with Gasteiger partial charge < -0.3 is 4.74 Å². The molecule has 1 aromatic carbocycles. The fraction of sp³-hybridized carbons (Fsp3) is 0.625. The van der Waals surface area contributed by atoms with Gasteiger partial charge in [0.15, 0.2) is 0 Å². The van der Waals surface area contributed by atoms with E-state index in [0.717, 1.165) is 37.6 Å². The van der Waals surface area contributed by atoms with Gasteiger partial charge >= 0.3 is 0 Å². The largest absolute Gasteiger partial charge is 0.493 e. The topological polar surface area (TPSA) is 12.5 Å². The van der Waals surface area contributed by atoms with Gasteiger partial charge in [-0.25, -0.2) is 0 Å². The number of alkyl halides is 1. The second-order valence-electron chi connectivity index (χ2n) is 5.75. The number of likely N-dealkylation sites (tertiary alicyclic amines) is 1. The third-order valence-corrected chi connectivity index (χ3v) is 5.07. The van der Waals surface area contributed by atoms with Crippen LogP contribution in [-0.4, -0.2) is 30.0 Å². The van der Waals surface area contributed by atoms with E-state index in [1.807, 2.05) is 0 Å². The molecule has 0 spiro atoms. The van der Waals surface area contributed by atoms with Crippen LogP contribution in [0.5, 0.6) is 5.75 Å². The third kappa shape index (κ3) is 3.15. The molecule has 3 rings (SSSR count). The maximum Gasteiger partial charge on any atom is 0.127 e. The van der Waals surface area contributed by atoms with Gasteiger partial charge in [0.05, 0.1) is 6.61 Å². The lowest BCUT2D eigenvalue weighted by molar-refractivity contribution is 0.135. The van der Waals surface area contributed by atoms with Crippen LogP contribution in [0.1, 0.15) is 36.8 Å². The Kier molecular flexibility index (Phi) is 4.90. The van der Waals surface area contributed by atoms with Crippen LogP contribution in [-0.2, 0) is 13.0 Å². The van der Waals surface area contributed by atoms with Crippen LogP contribution in [0.2, 0.25) is 0 Å². The van der Waals surface area contributed by atoms with Gasteiger partial charge in [0.2, 0.25) is 0 Å². The van der Waals surface area contributed by atoms with Gasteiger partial charge in [-0.2, -0.15) is 0 Å². The van der Waals surface area contributed by atoms with Crippen molar-refractivity contribution in [2.75, 3.05) is 19.0 Å². The Morgan fingerprint density at radius 2 is 2.25 bits per heavy atom. The second-order valence-corrected chi connectivity index (χ2v) is 7.04. The van der Waals surface area contributed by atoms with Crippen molar-refractivity contribution in [3.05, 3.63) is 27.7 Å². The predicted octanol–water partition coefficient (Wildman–Crippen LogP) is 4.37. The Balaban J connectivity index is 1.79. The number of nitrogens with zero attached hydrogens (tertiary/aromatic N) is 1. The summed E-state index contributed by atoms with van der Waals surface area (Å²) in [6.07, 6.45) is 6.05. The highest BCUT2D eigenvalue weighted by Gasteiger charge is 2.25. The molecule has 110 valence electrons. The number of benzene rings is 1. The van der Waals surface area contributed by atoms with E-state index in [9.17, 15) is 0 Å². The molecule has 0 amide bonds. The smallest absolute Gasteiger partial charge is 0.127 e. The maximum absolute atomic E-state index is 5.96. The van der Waals surface area contributed by atoms with Crippen molar-refractivity contribution in [2.45, 2.75) is 44.7 Å². The molecule has 2 nitrogen and oxygen atoms in total. The lowest BCUT2D eigenvalue weighted by Crippen LogP contribution is -2.39. The van der Waals surface area contributed by atoms with E-state index in [4.69, 9.17) is 16.3 Å². The molecule has 1 atom stereocenters. The molecule has 1 saturated heterocycles. The maximum atomic E-state index is 5.96. The molecule has 4 heteroatoms. The van der Waals surface area contributed by atoms with Gasteiger partial charge in [-0.1, -0.05) is 22.4 Å². The van der Waals surface area contributed by atoms with E-state index in [0.29, 0.717) is 6.04 Å². The molecular weight excluding hydrogens is 338 g/mol. The molecule has 0 radical (unpaired) electrons. The van der Waals surface area contributed by atoms with E-state index in [2.05, 4.69) is 33.0 Å². The molecule has 0 aliphatic carbocycles. The predicted molar refractivity (Wildman–Crippen MR) is 86.7 cm³/mol. The molecular formula is C16H21BrClNO. The fourth-order valence-corrected chi connectivity index (χ4v) is 4.21. The fourth-order valence-electron chi connectivity index (χ4n) is 3.40. The summed E-state index contributed by atoms with van der Waals surface area (Å²) in [7, 11) is 0. The Bertz CT molecular complexity index is 478. The minimum atomic E-state index is 0.636.